The van der Waals surface area contributed by atoms with Crippen LogP contribution >= 0.6 is 0 Å². The molecule has 0 amide bonds. The summed E-state index contributed by atoms with van der Waals surface area (Å²) in [5, 5.41) is 3.71. The van der Waals surface area contributed by atoms with E-state index in [1.807, 2.05) is 0 Å². The maximum absolute atomic E-state index is 6.55. The van der Waals surface area contributed by atoms with E-state index in [1.165, 1.54) is 59.2 Å². The summed E-state index contributed by atoms with van der Waals surface area (Å²) in [6.45, 7) is 8.97. The van der Waals surface area contributed by atoms with Gasteiger partial charge in [-0.3, -0.25) is 0 Å². The molecule has 0 fully saturated rings. The molecule has 4 rings (SSSR count). The van der Waals surface area contributed by atoms with Crippen molar-refractivity contribution in [3.8, 4) is 16.9 Å². The Kier molecular flexibility index (Phi) is 4.75. The van der Waals surface area contributed by atoms with Crippen LogP contribution in [0.1, 0.15) is 77.0 Å². The summed E-state index contributed by atoms with van der Waals surface area (Å²) in [6, 6.07) is 13.0. The number of para-hydroxylation sites is 1. The van der Waals surface area contributed by atoms with E-state index in [9.17, 15) is 0 Å². The highest BCUT2D eigenvalue weighted by Crippen LogP contribution is 2.50. The highest BCUT2D eigenvalue weighted by molar-refractivity contribution is 5.89. The molecule has 0 spiro atoms. The molecule has 2 aromatic carbocycles. The molecule has 2 aromatic rings. The first kappa shape index (κ1) is 18.2. The Hall–Kier alpha value is -2.22. The third kappa shape index (κ3) is 3.38. The fourth-order valence-electron chi connectivity index (χ4n) is 4.68. The third-order valence-electron chi connectivity index (χ3n) is 5.76. The van der Waals surface area contributed by atoms with Crippen LogP contribution in [0.5, 0.6) is 5.75 Å². The highest BCUT2D eigenvalue weighted by Gasteiger charge is 2.33. The van der Waals surface area contributed by atoms with Crippen molar-refractivity contribution in [1.29, 1.82) is 0 Å². The summed E-state index contributed by atoms with van der Waals surface area (Å²) in [4.78, 5) is 0. The van der Waals surface area contributed by atoms with Crippen LogP contribution in [0, 0.1) is 0 Å². The number of unbranched alkanes of at least 4 members (excludes halogenated alkanes) is 3. The molecule has 2 aliphatic heterocycles. The number of hydrogen-bond donors (Lipinski definition) is 1. The van der Waals surface area contributed by atoms with Crippen molar-refractivity contribution in [2.45, 2.75) is 71.4 Å². The molecule has 2 heteroatoms. The smallest absolute Gasteiger partial charge is 0.128 e. The summed E-state index contributed by atoms with van der Waals surface area (Å²) < 4.78 is 6.55. The fourth-order valence-corrected chi connectivity index (χ4v) is 4.68. The second-order valence-corrected chi connectivity index (χ2v) is 8.58. The van der Waals surface area contributed by atoms with Crippen LogP contribution < -0.4 is 10.1 Å². The molecule has 0 aliphatic carbocycles. The standard InChI is InChI=1S/C25H31NO/c1-5-6-7-8-13-22-24-19(18-11-9-10-12-21(18)27-22)14-15-20-23(24)17(2)16-25(3,4)26-20/h9-12,14-16,22,26H,5-8,13H2,1-4H3/t22-/m1/s1. The molecule has 0 bridgehead atoms. The molecule has 0 radical (unpaired) electrons. The van der Waals surface area contributed by atoms with Crippen molar-refractivity contribution in [3.63, 3.8) is 0 Å². The van der Waals surface area contributed by atoms with Gasteiger partial charge in [-0.15, -0.1) is 0 Å². The molecule has 0 saturated heterocycles. The van der Waals surface area contributed by atoms with Gasteiger partial charge in [0.1, 0.15) is 11.9 Å². The minimum Gasteiger partial charge on any atom is -0.485 e. The Morgan fingerprint density at radius 2 is 1.81 bits per heavy atom. The van der Waals surface area contributed by atoms with Crippen LogP contribution in [0.2, 0.25) is 0 Å². The van der Waals surface area contributed by atoms with Crippen LogP contribution in [-0.2, 0) is 0 Å². The Bertz CT molecular complexity index is 878. The zero-order chi connectivity index (χ0) is 19.0. The average Bonchev–Trinajstić information content (AvgIpc) is 2.63. The third-order valence-corrected chi connectivity index (χ3v) is 5.76. The average molecular weight is 362 g/mol. The molecule has 27 heavy (non-hydrogen) atoms. The Morgan fingerprint density at radius 3 is 2.63 bits per heavy atom. The van der Waals surface area contributed by atoms with Gasteiger partial charge in [0.15, 0.2) is 0 Å². The van der Waals surface area contributed by atoms with Crippen molar-refractivity contribution in [2.24, 2.45) is 0 Å². The van der Waals surface area contributed by atoms with Crippen LogP contribution in [0.25, 0.3) is 16.7 Å². The maximum Gasteiger partial charge on any atom is 0.128 e. The van der Waals surface area contributed by atoms with Crippen LogP contribution in [0.4, 0.5) is 5.69 Å². The van der Waals surface area contributed by atoms with E-state index >= 15 is 0 Å². The molecular formula is C25H31NO. The zero-order valence-electron chi connectivity index (χ0n) is 17.1. The number of rotatable bonds is 5. The molecule has 2 heterocycles. The van der Waals surface area contributed by atoms with Crippen LogP contribution in [0.15, 0.2) is 42.5 Å². The molecule has 0 unspecified atom stereocenters. The number of ether oxygens (including phenoxy) is 1. The van der Waals surface area contributed by atoms with Gasteiger partial charge in [-0.25, -0.2) is 0 Å². The molecule has 1 N–H and O–H groups in total. The first-order valence-corrected chi connectivity index (χ1v) is 10.4. The molecule has 0 saturated carbocycles. The van der Waals surface area contributed by atoms with Gasteiger partial charge in [-0.2, -0.15) is 0 Å². The second-order valence-electron chi connectivity index (χ2n) is 8.58. The van der Waals surface area contributed by atoms with Crippen molar-refractivity contribution in [3.05, 3.63) is 53.6 Å². The molecule has 0 aromatic heterocycles. The lowest BCUT2D eigenvalue weighted by molar-refractivity contribution is 0.187. The zero-order valence-corrected chi connectivity index (χ0v) is 17.1. The lowest BCUT2D eigenvalue weighted by Crippen LogP contribution is -2.32. The van der Waals surface area contributed by atoms with Crippen molar-refractivity contribution >= 4 is 11.3 Å². The van der Waals surface area contributed by atoms with E-state index in [0.717, 1.165) is 12.2 Å². The van der Waals surface area contributed by atoms with E-state index in [4.69, 9.17) is 4.74 Å². The summed E-state index contributed by atoms with van der Waals surface area (Å²) in [5.74, 6) is 1.02. The van der Waals surface area contributed by atoms with Gasteiger partial charge < -0.3 is 10.1 Å². The van der Waals surface area contributed by atoms with Crippen LogP contribution in [0.3, 0.4) is 0 Å². The SMILES string of the molecule is CCCCCC[C@H]1Oc2ccccc2-c2ccc3c(c21)C(C)=CC(C)(C)N3. The summed E-state index contributed by atoms with van der Waals surface area (Å²) in [5.41, 5.74) is 7.85. The molecular weight excluding hydrogens is 330 g/mol. The number of benzene rings is 2. The summed E-state index contributed by atoms with van der Waals surface area (Å²) in [6.07, 6.45) is 8.62. The quantitative estimate of drug-likeness (QED) is 0.561. The lowest BCUT2D eigenvalue weighted by atomic mass is 9.81. The Labute approximate surface area is 163 Å². The minimum absolute atomic E-state index is 0.0185. The van der Waals surface area contributed by atoms with Gasteiger partial charge in [0.25, 0.3) is 0 Å². The van der Waals surface area contributed by atoms with Gasteiger partial charge in [0.2, 0.25) is 0 Å². The van der Waals surface area contributed by atoms with Gasteiger partial charge >= 0.3 is 0 Å². The number of hydrogen-bond acceptors (Lipinski definition) is 2. The van der Waals surface area contributed by atoms with E-state index < -0.39 is 0 Å². The fraction of sp³-hybridized carbons (Fsp3) is 0.440. The predicted octanol–water partition coefficient (Wildman–Crippen LogP) is 7.36. The number of nitrogens with one attached hydrogen (secondary N) is 1. The summed E-state index contributed by atoms with van der Waals surface area (Å²) >= 11 is 0. The maximum atomic E-state index is 6.55. The van der Waals surface area contributed by atoms with E-state index in [2.05, 4.69) is 75.5 Å². The number of allylic oxidation sites excluding steroid dienone is 1. The largest absolute Gasteiger partial charge is 0.485 e. The molecule has 1 atom stereocenters. The van der Waals surface area contributed by atoms with Gasteiger partial charge in [-0.1, -0.05) is 56.5 Å². The van der Waals surface area contributed by atoms with Gasteiger partial charge in [0, 0.05) is 22.4 Å². The normalized spacial score (nSPS) is 19.1. The topological polar surface area (TPSA) is 21.3 Å². The first-order chi connectivity index (χ1) is 13.0. The lowest BCUT2D eigenvalue weighted by Gasteiger charge is -2.37. The first-order valence-electron chi connectivity index (χ1n) is 10.4. The minimum atomic E-state index is -0.0185. The second kappa shape index (κ2) is 7.07. The van der Waals surface area contributed by atoms with Gasteiger partial charge in [0.05, 0.1) is 5.54 Å². The molecule has 2 aliphatic rings. The van der Waals surface area contributed by atoms with Crippen molar-refractivity contribution < 1.29 is 4.74 Å². The summed E-state index contributed by atoms with van der Waals surface area (Å²) in [7, 11) is 0. The van der Waals surface area contributed by atoms with Crippen molar-refractivity contribution in [1.82, 2.24) is 0 Å². The molecule has 142 valence electrons. The Balaban J connectivity index is 1.81. The number of anilines is 1. The number of fused-ring (bicyclic) bond motifs is 5. The monoisotopic (exact) mass is 361 g/mol. The van der Waals surface area contributed by atoms with Gasteiger partial charge in [-0.05, 0) is 56.9 Å². The molecule has 2 nitrogen and oxygen atoms in total. The van der Waals surface area contributed by atoms with Crippen LogP contribution in [-0.4, -0.2) is 5.54 Å². The highest BCUT2D eigenvalue weighted by atomic mass is 16.5. The van der Waals surface area contributed by atoms with E-state index in [1.54, 1.807) is 0 Å². The predicted molar refractivity (Wildman–Crippen MR) is 115 cm³/mol. The van der Waals surface area contributed by atoms with E-state index in [-0.39, 0.29) is 11.6 Å². The van der Waals surface area contributed by atoms with Crippen molar-refractivity contribution in [2.75, 3.05) is 5.32 Å². The van der Waals surface area contributed by atoms with E-state index in [0.29, 0.717) is 0 Å². The Morgan fingerprint density at radius 1 is 1.00 bits per heavy atom.